The van der Waals surface area contributed by atoms with Gasteiger partial charge in [-0.05, 0) is 83.7 Å². The lowest BCUT2D eigenvalue weighted by Gasteiger charge is -2.50. The third kappa shape index (κ3) is 2.85. The quantitative estimate of drug-likeness (QED) is 0.565. The first-order valence-corrected chi connectivity index (χ1v) is 10.8. The minimum Gasteiger partial charge on any atom is -0.497 e. The van der Waals surface area contributed by atoms with Crippen LogP contribution in [0.5, 0.6) is 5.75 Å². The van der Waals surface area contributed by atoms with Gasteiger partial charge in [0.15, 0.2) is 0 Å². The Labute approximate surface area is 174 Å². The van der Waals surface area contributed by atoms with E-state index in [0.717, 1.165) is 48.1 Å². The van der Waals surface area contributed by atoms with Crippen molar-refractivity contribution in [1.82, 2.24) is 9.88 Å². The Morgan fingerprint density at radius 3 is 2.89 bits per heavy atom. The predicted octanol–water partition coefficient (Wildman–Crippen LogP) is 4.99. The molecule has 1 fully saturated rings. The average Bonchev–Trinajstić information content (AvgIpc) is 2.71. The molecule has 2 heterocycles. The smallest absolute Gasteiger partial charge is 0.119 e. The average molecular weight is 437 g/mol. The number of halogens is 1. The van der Waals surface area contributed by atoms with Gasteiger partial charge in [0, 0.05) is 33.9 Å². The van der Waals surface area contributed by atoms with Crippen molar-refractivity contribution in [2.75, 3.05) is 27.2 Å². The number of para-hydroxylation sites is 1. The van der Waals surface area contributed by atoms with Crippen molar-refractivity contribution in [1.29, 1.82) is 0 Å². The molecule has 1 aliphatic carbocycles. The zero-order chi connectivity index (χ0) is 19.3. The molecule has 0 radical (unpaired) electrons. The molecule has 0 saturated carbocycles. The second-order valence-corrected chi connectivity index (χ2v) is 9.24. The summed E-state index contributed by atoms with van der Waals surface area (Å²) in [4.78, 5) is 7.63. The maximum atomic E-state index is 5.55. The van der Waals surface area contributed by atoms with E-state index < -0.39 is 0 Å². The molecule has 2 aliphatic rings. The summed E-state index contributed by atoms with van der Waals surface area (Å²) in [5.41, 5.74) is 5.31. The number of hydrogen-bond acceptors (Lipinski definition) is 3. The van der Waals surface area contributed by atoms with Crippen LogP contribution in [-0.2, 0) is 18.3 Å². The van der Waals surface area contributed by atoms with Crippen LogP contribution in [0.2, 0.25) is 0 Å². The van der Waals surface area contributed by atoms with Crippen molar-refractivity contribution in [2.24, 2.45) is 5.92 Å². The Bertz CT molecular complexity index is 1050. The summed E-state index contributed by atoms with van der Waals surface area (Å²) in [6, 6.07) is 17.4. The zero-order valence-electron chi connectivity index (χ0n) is 16.4. The first-order valence-electron chi connectivity index (χ1n) is 9.99. The van der Waals surface area contributed by atoms with Crippen molar-refractivity contribution in [3.8, 4) is 5.75 Å². The lowest BCUT2D eigenvalue weighted by atomic mass is 9.58. The molecule has 0 amide bonds. The number of nitrogens with zero attached hydrogens (tertiary/aromatic N) is 2. The maximum Gasteiger partial charge on any atom is 0.119 e. The first-order chi connectivity index (χ1) is 13.6. The van der Waals surface area contributed by atoms with Gasteiger partial charge in [-0.3, -0.25) is 4.98 Å². The standard InChI is InChI=1S/C24H25BrN2O/c1-27-10-9-24(18-6-4-7-20(13-18)28-2)14-22-17(12-19(24)15-27)11-16-5-3-8-21(25)23(16)26-22/h3-8,11,13,19H,9-10,12,14-15H2,1-2H3/t19-,24-/m0/s1. The van der Waals surface area contributed by atoms with Crippen molar-refractivity contribution in [3.63, 3.8) is 0 Å². The molecule has 3 nitrogen and oxygen atoms in total. The highest BCUT2D eigenvalue weighted by atomic mass is 79.9. The van der Waals surface area contributed by atoms with Crippen molar-refractivity contribution in [3.05, 3.63) is 69.8 Å². The molecule has 144 valence electrons. The molecular weight excluding hydrogens is 412 g/mol. The molecular formula is C24H25BrN2O. The van der Waals surface area contributed by atoms with Crippen LogP contribution in [0, 0.1) is 5.92 Å². The summed E-state index contributed by atoms with van der Waals surface area (Å²) in [6.45, 7) is 2.26. The lowest BCUT2D eigenvalue weighted by Crippen LogP contribution is -2.53. The largest absolute Gasteiger partial charge is 0.497 e. The number of fused-ring (bicyclic) bond motifs is 3. The third-order valence-corrected chi connectivity index (χ3v) is 7.45. The van der Waals surface area contributed by atoms with Gasteiger partial charge in [-0.15, -0.1) is 0 Å². The van der Waals surface area contributed by atoms with Crippen molar-refractivity contribution in [2.45, 2.75) is 24.7 Å². The Morgan fingerprint density at radius 1 is 1.18 bits per heavy atom. The van der Waals surface area contributed by atoms with Gasteiger partial charge in [0.05, 0.1) is 12.6 Å². The normalized spacial score (nSPS) is 24.6. The topological polar surface area (TPSA) is 25.4 Å². The number of rotatable bonds is 2. The van der Waals surface area contributed by atoms with Gasteiger partial charge >= 0.3 is 0 Å². The summed E-state index contributed by atoms with van der Waals surface area (Å²) < 4.78 is 6.63. The van der Waals surface area contributed by atoms with E-state index >= 15 is 0 Å². The fourth-order valence-corrected chi connectivity index (χ4v) is 5.75. The van der Waals surface area contributed by atoms with Gasteiger partial charge < -0.3 is 9.64 Å². The number of likely N-dealkylation sites (tertiary alicyclic amines) is 1. The van der Waals surface area contributed by atoms with E-state index in [1.54, 1.807) is 7.11 Å². The number of hydrogen-bond donors (Lipinski definition) is 0. The second-order valence-electron chi connectivity index (χ2n) is 8.38. The predicted molar refractivity (Wildman–Crippen MR) is 117 cm³/mol. The molecule has 5 rings (SSSR count). The van der Waals surface area contributed by atoms with E-state index in [-0.39, 0.29) is 5.41 Å². The van der Waals surface area contributed by atoms with Crippen molar-refractivity contribution < 1.29 is 4.74 Å². The summed E-state index contributed by atoms with van der Waals surface area (Å²) in [5, 5.41) is 1.23. The van der Waals surface area contributed by atoms with Crippen LogP contribution >= 0.6 is 15.9 Å². The first kappa shape index (κ1) is 18.1. The van der Waals surface area contributed by atoms with Crippen molar-refractivity contribution >= 4 is 26.8 Å². The summed E-state index contributed by atoms with van der Waals surface area (Å²) in [6.07, 6.45) is 3.26. The van der Waals surface area contributed by atoms with Crippen LogP contribution < -0.4 is 4.74 Å². The molecule has 2 atom stereocenters. The molecule has 1 aliphatic heterocycles. The number of methoxy groups -OCH3 is 1. The SMILES string of the molecule is COc1cccc([C@@]23CCN(C)C[C@@H]2Cc2cc4cccc(Br)c4nc2C3)c1. The Balaban J connectivity index is 1.67. The minimum atomic E-state index is 0.135. The Hall–Kier alpha value is -1.91. The second kappa shape index (κ2) is 6.85. The molecule has 1 saturated heterocycles. The van der Waals surface area contributed by atoms with E-state index in [1.165, 1.54) is 22.2 Å². The van der Waals surface area contributed by atoms with Crippen LogP contribution in [0.1, 0.15) is 23.2 Å². The Morgan fingerprint density at radius 2 is 2.04 bits per heavy atom. The number of pyridine rings is 1. The van der Waals surface area contributed by atoms with Gasteiger partial charge in [-0.25, -0.2) is 0 Å². The number of piperidine rings is 1. The van der Waals surface area contributed by atoms with Gasteiger partial charge in [0.1, 0.15) is 5.75 Å². The molecule has 0 N–H and O–H groups in total. The van der Waals surface area contributed by atoms with Gasteiger partial charge in [0.25, 0.3) is 0 Å². The molecule has 2 aromatic carbocycles. The maximum absolute atomic E-state index is 5.55. The van der Waals surface area contributed by atoms with Crippen LogP contribution in [0.15, 0.2) is 53.0 Å². The highest BCUT2D eigenvalue weighted by Gasteiger charge is 2.47. The highest BCUT2D eigenvalue weighted by Crippen LogP contribution is 2.48. The molecule has 0 spiro atoms. The Kier molecular flexibility index (Phi) is 4.44. The van der Waals surface area contributed by atoms with E-state index in [2.05, 4.69) is 70.3 Å². The van der Waals surface area contributed by atoms with Gasteiger partial charge in [-0.1, -0.05) is 24.3 Å². The van der Waals surface area contributed by atoms with E-state index in [4.69, 9.17) is 9.72 Å². The molecule has 3 aromatic rings. The summed E-state index contributed by atoms with van der Waals surface area (Å²) >= 11 is 3.69. The monoisotopic (exact) mass is 436 g/mol. The number of benzene rings is 2. The highest BCUT2D eigenvalue weighted by molar-refractivity contribution is 9.10. The minimum absolute atomic E-state index is 0.135. The molecule has 0 bridgehead atoms. The summed E-state index contributed by atoms with van der Waals surface area (Å²) in [5.74, 6) is 1.54. The fraction of sp³-hybridized carbons (Fsp3) is 0.375. The van der Waals surface area contributed by atoms with Crippen LogP contribution in [-0.4, -0.2) is 37.1 Å². The molecule has 4 heteroatoms. The van der Waals surface area contributed by atoms with Crippen LogP contribution in [0.25, 0.3) is 10.9 Å². The van der Waals surface area contributed by atoms with Crippen LogP contribution in [0.3, 0.4) is 0 Å². The third-order valence-electron chi connectivity index (χ3n) is 6.81. The molecule has 0 unspecified atom stereocenters. The van der Waals surface area contributed by atoms with Gasteiger partial charge in [0.2, 0.25) is 0 Å². The van der Waals surface area contributed by atoms with E-state index in [1.807, 2.05) is 6.07 Å². The zero-order valence-corrected chi connectivity index (χ0v) is 18.0. The van der Waals surface area contributed by atoms with Gasteiger partial charge in [-0.2, -0.15) is 0 Å². The van der Waals surface area contributed by atoms with Crippen LogP contribution in [0.4, 0.5) is 0 Å². The van der Waals surface area contributed by atoms with E-state index in [9.17, 15) is 0 Å². The fourth-order valence-electron chi connectivity index (χ4n) is 5.28. The number of ether oxygens (including phenoxy) is 1. The molecule has 28 heavy (non-hydrogen) atoms. The molecule has 1 aromatic heterocycles. The summed E-state index contributed by atoms with van der Waals surface area (Å²) in [7, 11) is 4.01. The number of aromatic nitrogens is 1. The van der Waals surface area contributed by atoms with E-state index in [0.29, 0.717) is 5.92 Å². The lowest BCUT2D eigenvalue weighted by molar-refractivity contribution is 0.0987.